The molecule has 1 heterocycles. The van der Waals surface area contributed by atoms with Gasteiger partial charge in [0.05, 0.1) is 6.04 Å². The van der Waals surface area contributed by atoms with E-state index in [1.807, 2.05) is 6.26 Å². The molecule has 0 fully saturated rings. The van der Waals surface area contributed by atoms with Crippen LogP contribution in [0.5, 0.6) is 0 Å². The van der Waals surface area contributed by atoms with E-state index < -0.39 is 0 Å². The normalized spacial score (nSPS) is 12.1. The second-order valence-corrected chi connectivity index (χ2v) is 6.44. The summed E-state index contributed by atoms with van der Waals surface area (Å²) < 4.78 is 5.32. The van der Waals surface area contributed by atoms with Crippen molar-refractivity contribution in [3.8, 4) is 0 Å². The molecule has 0 aliphatic carbocycles. The van der Waals surface area contributed by atoms with E-state index in [9.17, 15) is 4.79 Å². The number of carbonyl (C=O) groups excluding carboxylic acids is 1. The Morgan fingerprint density at radius 2 is 2.13 bits per heavy atom. The summed E-state index contributed by atoms with van der Waals surface area (Å²) in [5, 5.41) is 2.85. The number of aryl methyl sites for hydroxylation is 1. The van der Waals surface area contributed by atoms with Crippen LogP contribution in [0.1, 0.15) is 40.0 Å². The number of hydrogen-bond donors (Lipinski definition) is 2. The zero-order chi connectivity index (χ0) is 16.7. The summed E-state index contributed by atoms with van der Waals surface area (Å²) >= 11 is 1.72. The molecule has 1 aromatic carbocycles. The fourth-order valence-electron chi connectivity index (χ4n) is 2.10. The molecule has 0 aliphatic rings. The molecule has 0 radical (unpaired) electrons. The first-order valence-corrected chi connectivity index (χ1v) is 9.03. The fourth-order valence-corrected chi connectivity index (χ4v) is 2.59. The molecule has 2 rings (SSSR count). The highest BCUT2D eigenvalue weighted by molar-refractivity contribution is 7.98. The van der Waals surface area contributed by atoms with Crippen molar-refractivity contribution in [2.45, 2.75) is 25.8 Å². The molecule has 1 amide bonds. The van der Waals surface area contributed by atoms with Crippen molar-refractivity contribution in [2.24, 2.45) is 5.73 Å². The van der Waals surface area contributed by atoms with Crippen molar-refractivity contribution in [2.75, 3.05) is 18.6 Å². The second-order valence-electron chi connectivity index (χ2n) is 5.45. The van der Waals surface area contributed by atoms with Crippen molar-refractivity contribution in [1.29, 1.82) is 0 Å². The number of carbonyl (C=O) groups is 1. The lowest BCUT2D eigenvalue weighted by Gasteiger charge is -2.05. The number of hydrogen-bond acceptors (Lipinski definition) is 5. The maximum atomic E-state index is 12.1. The van der Waals surface area contributed by atoms with Gasteiger partial charge in [0.2, 0.25) is 5.89 Å². The predicted molar refractivity (Wildman–Crippen MR) is 93.6 cm³/mol. The molecule has 0 aliphatic heterocycles. The molecule has 0 saturated carbocycles. The van der Waals surface area contributed by atoms with Crippen LogP contribution in [0.15, 0.2) is 34.9 Å². The quantitative estimate of drug-likeness (QED) is 0.776. The lowest BCUT2D eigenvalue weighted by atomic mass is 10.1. The third-order valence-electron chi connectivity index (χ3n) is 3.52. The first-order chi connectivity index (χ1) is 11.1. The topological polar surface area (TPSA) is 81.1 Å². The summed E-state index contributed by atoms with van der Waals surface area (Å²) in [5.74, 6) is 1.12. The monoisotopic (exact) mass is 333 g/mol. The van der Waals surface area contributed by atoms with Crippen molar-refractivity contribution >= 4 is 17.7 Å². The number of nitrogens with one attached hydrogen (secondary N) is 1. The van der Waals surface area contributed by atoms with Crippen LogP contribution < -0.4 is 11.1 Å². The number of thioether (sulfide) groups is 1. The Morgan fingerprint density at radius 1 is 1.39 bits per heavy atom. The van der Waals surface area contributed by atoms with E-state index in [2.05, 4.69) is 41.5 Å². The highest BCUT2D eigenvalue weighted by Crippen LogP contribution is 2.15. The minimum Gasteiger partial charge on any atom is -0.446 e. The number of nitrogens with zero attached hydrogens (tertiary/aromatic N) is 1. The Labute approximate surface area is 141 Å². The first kappa shape index (κ1) is 17.6. The van der Waals surface area contributed by atoms with Gasteiger partial charge in [-0.25, -0.2) is 4.98 Å². The van der Waals surface area contributed by atoms with Gasteiger partial charge in [-0.2, -0.15) is 11.8 Å². The molecule has 2 aromatic rings. The molecule has 5 nitrogen and oxygen atoms in total. The van der Waals surface area contributed by atoms with Crippen molar-refractivity contribution in [3.05, 3.63) is 53.2 Å². The van der Waals surface area contributed by atoms with Crippen molar-refractivity contribution in [3.63, 3.8) is 0 Å². The predicted octanol–water partition coefficient (Wildman–Crippen LogP) is 2.71. The zero-order valence-electron chi connectivity index (χ0n) is 13.5. The Balaban J connectivity index is 1.81. The summed E-state index contributed by atoms with van der Waals surface area (Å²) in [4.78, 5) is 16.2. The molecule has 23 heavy (non-hydrogen) atoms. The third kappa shape index (κ3) is 5.41. The summed E-state index contributed by atoms with van der Waals surface area (Å²) in [7, 11) is 0. The lowest BCUT2D eigenvalue weighted by Crippen LogP contribution is -2.26. The van der Waals surface area contributed by atoms with Crippen LogP contribution >= 0.6 is 11.8 Å². The van der Waals surface area contributed by atoms with Crippen molar-refractivity contribution in [1.82, 2.24) is 10.3 Å². The van der Waals surface area contributed by atoms with Gasteiger partial charge in [0.15, 0.2) is 5.69 Å². The van der Waals surface area contributed by atoms with Crippen LogP contribution in [0.2, 0.25) is 0 Å². The van der Waals surface area contributed by atoms with Crippen LogP contribution in [0.4, 0.5) is 0 Å². The van der Waals surface area contributed by atoms with Gasteiger partial charge >= 0.3 is 0 Å². The van der Waals surface area contributed by atoms with Gasteiger partial charge in [-0.05, 0) is 37.3 Å². The molecular weight excluding hydrogens is 310 g/mol. The molecule has 0 spiro atoms. The molecule has 1 aromatic heterocycles. The summed E-state index contributed by atoms with van der Waals surface area (Å²) in [5.41, 5.74) is 8.68. The van der Waals surface area contributed by atoms with Crippen molar-refractivity contribution < 1.29 is 9.21 Å². The average molecular weight is 333 g/mol. The van der Waals surface area contributed by atoms with Gasteiger partial charge in [0, 0.05) is 6.54 Å². The standard InChI is InChI=1S/C17H23N3O2S/c1-12-3-5-13(6-4-12)7-9-19-16(21)15-11-22-17(20-15)14(18)8-10-23-2/h3-6,11,14H,7-10,18H2,1-2H3,(H,19,21). The van der Waals surface area contributed by atoms with E-state index in [4.69, 9.17) is 10.2 Å². The van der Waals surface area contributed by atoms with Crippen LogP contribution in [0.25, 0.3) is 0 Å². The van der Waals surface area contributed by atoms with Crippen LogP contribution in [0, 0.1) is 6.92 Å². The Kier molecular flexibility index (Phi) is 6.67. The maximum absolute atomic E-state index is 12.1. The summed E-state index contributed by atoms with van der Waals surface area (Å²) in [6.45, 7) is 2.61. The van der Waals surface area contributed by atoms with Gasteiger partial charge in [0.25, 0.3) is 5.91 Å². The number of rotatable bonds is 8. The zero-order valence-corrected chi connectivity index (χ0v) is 14.4. The van der Waals surface area contributed by atoms with E-state index in [-0.39, 0.29) is 17.6 Å². The molecule has 0 saturated heterocycles. The molecule has 6 heteroatoms. The SMILES string of the molecule is CSCCC(N)c1nc(C(=O)NCCc2ccc(C)cc2)co1. The highest BCUT2D eigenvalue weighted by atomic mass is 32.2. The van der Waals surface area contributed by atoms with Gasteiger partial charge in [0.1, 0.15) is 6.26 Å². The highest BCUT2D eigenvalue weighted by Gasteiger charge is 2.16. The van der Waals surface area contributed by atoms with Gasteiger partial charge < -0.3 is 15.5 Å². The maximum Gasteiger partial charge on any atom is 0.273 e. The molecule has 124 valence electrons. The Hall–Kier alpha value is -1.79. The molecule has 0 bridgehead atoms. The number of oxazole rings is 1. The van der Waals surface area contributed by atoms with E-state index in [0.717, 1.165) is 18.6 Å². The largest absolute Gasteiger partial charge is 0.446 e. The Morgan fingerprint density at radius 3 is 2.83 bits per heavy atom. The molecular formula is C17H23N3O2S. The van der Waals surface area contributed by atoms with Crippen LogP contribution in [0.3, 0.4) is 0 Å². The first-order valence-electron chi connectivity index (χ1n) is 7.64. The second kappa shape index (κ2) is 8.74. The lowest BCUT2D eigenvalue weighted by molar-refractivity contribution is 0.0949. The van der Waals surface area contributed by atoms with Gasteiger partial charge in [-0.15, -0.1) is 0 Å². The van der Waals surface area contributed by atoms with E-state index >= 15 is 0 Å². The summed E-state index contributed by atoms with van der Waals surface area (Å²) in [6.07, 6.45) is 4.95. The summed E-state index contributed by atoms with van der Waals surface area (Å²) in [6, 6.07) is 8.01. The number of aromatic nitrogens is 1. The number of benzene rings is 1. The minimum absolute atomic E-state index is 0.232. The molecule has 1 unspecified atom stereocenters. The number of nitrogens with two attached hydrogens (primary N) is 1. The smallest absolute Gasteiger partial charge is 0.273 e. The van der Waals surface area contributed by atoms with Gasteiger partial charge in [-0.1, -0.05) is 29.8 Å². The Bertz CT molecular complexity index is 625. The molecule has 1 atom stereocenters. The van der Waals surface area contributed by atoms with Gasteiger partial charge in [-0.3, -0.25) is 4.79 Å². The van der Waals surface area contributed by atoms with Crippen LogP contribution in [-0.4, -0.2) is 29.4 Å². The number of amides is 1. The third-order valence-corrected chi connectivity index (χ3v) is 4.17. The average Bonchev–Trinajstić information content (AvgIpc) is 3.04. The fraction of sp³-hybridized carbons (Fsp3) is 0.412. The minimum atomic E-state index is -0.267. The van der Waals surface area contributed by atoms with Crippen LogP contribution in [-0.2, 0) is 6.42 Å². The van der Waals surface area contributed by atoms with E-state index in [0.29, 0.717) is 12.4 Å². The van der Waals surface area contributed by atoms with E-state index in [1.54, 1.807) is 11.8 Å². The molecule has 3 N–H and O–H groups in total. The van der Waals surface area contributed by atoms with E-state index in [1.165, 1.54) is 17.4 Å².